The Morgan fingerprint density at radius 2 is 2.08 bits per heavy atom. The first kappa shape index (κ1) is 9.58. The quantitative estimate of drug-likeness (QED) is 0.687. The topological polar surface area (TPSA) is 52.0 Å². The Morgan fingerprint density at radius 3 is 2.54 bits per heavy atom. The smallest absolute Gasteiger partial charge is 0.122 e. The van der Waals surface area contributed by atoms with Crippen LogP contribution in [0.25, 0.3) is 6.08 Å². The monoisotopic (exact) mass is 180 g/mol. The first-order valence-corrected chi connectivity index (χ1v) is 4.01. The zero-order valence-corrected chi connectivity index (χ0v) is 7.55. The van der Waals surface area contributed by atoms with Gasteiger partial charge in [0.05, 0.1) is 11.4 Å². The van der Waals surface area contributed by atoms with Gasteiger partial charge in [0.15, 0.2) is 0 Å². The van der Waals surface area contributed by atoms with Crippen molar-refractivity contribution in [2.45, 2.75) is 13.1 Å². The third-order valence-electron chi connectivity index (χ3n) is 1.95. The van der Waals surface area contributed by atoms with Crippen LogP contribution in [-0.2, 0) is 0 Å². The molecule has 0 saturated carbocycles. The van der Waals surface area contributed by atoms with Gasteiger partial charge in [-0.3, -0.25) is 0 Å². The predicted molar refractivity (Wildman–Crippen MR) is 54.9 cm³/mol. The van der Waals surface area contributed by atoms with E-state index < -0.39 is 6.17 Å². The van der Waals surface area contributed by atoms with Crippen LogP contribution in [0.1, 0.15) is 24.2 Å². The van der Waals surface area contributed by atoms with E-state index in [1.54, 1.807) is 18.2 Å². The molecule has 0 bridgehead atoms. The zero-order valence-electron chi connectivity index (χ0n) is 7.55. The average molecular weight is 180 g/mol. The molecule has 1 aromatic rings. The molecule has 1 atom stereocenters. The molecule has 0 spiro atoms. The van der Waals surface area contributed by atoms with Crippen molar-refractivity contribution in [3.63, 3.8) is 0 Å². The maximum Gasteiger partial charge on any atom is 0.122 e. The highest BCUT2D eigenvalue weighted by Crippen LogP contribution is 2.27. The van der Waals surface area contributed by atoms with Crippen LogP contribution in [0.2, 0.25) is 0 Å². The van der Waals surface area contributed by atoms with Crippen LogP contribution in [0.15, 0.2) is 18.7 Å². The van der Waals surface area contributed by atoms with Gasteiger partial charge in [0, 0.05) is 0 Å². The lowest BCUT2D eigenvalue weighted by atomic mass is 10.0. The Morgan fingerprint density at radius 1 is 1.46 bits per heavy atom. The van der Waals surface area contributed by atoms with Crippen molar-refractivity contribution < 1.29 is 4.39 Å². The summed E-state index contributed by atoms with van der Waals surface area (Å²) in [6, 6.07) is 3.20. The van der Waals surface area contributed by atoms with Crippen molar-refractivity contribution in [3.05, 3.63) is 29.8 Å². The van der Waals surface area contributed by atoms with Crippen LogP contribution in [0, 0.1) is 0 Å². The lowest BCUT2D eigenvalue weighted by Crippen LogP contribution is -1.99. The molecule has 4 N–H and O–H groups in total. The van der Waals surface area contributed by atoms with Gasteiger partial charge in [0.25, 0.3) is 0 Å². The molecular formula is C10H13FN2. The van der Waals surface area contributed by atoms with E-state index in [4.69, 9.17) is 11.5 Å². The summed E-state index contributed by atoms with van der Waals surface area (Å²) in [6.07, 6.45) is 0.527. The van der Waals surface area contributed by atoms with Crippen LogP contribution in [0.3, 0.4) is 0 Å². The van der Waals surface area contributed by atoms with Gasteiger partial charge in [-0.15, -0.1) is 0 Å². The summed E-state index contributed by atoms with van der Waals surface area (Å²) in [7, 11) is 0. The van der Waals surface area contributed by atoms with Crippen molar-refractivity contribution >= 4 is 17.5 Å². The molecule has 0 aliphatic rings. The Balaban J connectivity index is 3.30. The fourth-order valence-corrected chi connectivity index (χ4v) is 1.12. The highest BCUT2D eigenvalue weighted by molar-refractivity contribution is 5.76. The molecule has 0 amide bonds. The second-order valence-corrected chi connectivity index (χ2v) is 2.93. The number of halogens is 1. The Bertz CT molecular complexity index is 332. The zero-order chi connectivity index (χ0) is 10.0. The van der Waals surface area contributed by atoms with E-state index in [2.05, 4.69) is 6.58 Å². The maximum atomic E-state index is 12.9. The number of benzene rings is 1. The second kappa shape index (κ2) is 3.47. The molecule has 0 fully saturated rings. The van der Waals surface area contributed by atoms with Crippen molar-refractivity contribution in [2.24, 2.45) is 0 Å². The highest BCUT2D eigenvalue weighted by atomic mass is 19.1. The molecule has 0 aliphatic heterocycles. The third-order valence-corrected chi connectivity index (χ3v) is 1.95. The minimum absolute atomic E-state index is 0.400. The predicted octanol–water partition coefficient (Wildman–Crippen LogP) is 2.52. The number of rotatable bonds is 2. The number of hydrogen-bond acceptors (Lipinski definition) is 2. The van der Waals surface area contributed by atoms with Crippen molar-refractivity contribution in [2.75, 3.05) is 11.5 Å². The van der Waals surface area contributed by atoms with Crippen molar-refractivity contribution in [1.29, 1.82) is 0 Å². The molecule has 0 saturated heterocycles. The Kier molecular flexibility index (Phi) is 2.56. The van der Waals surface area contributed by atoms with E-state index in [1.165, 1.54) is 6.92 Å². The number of nitrogens with two attached hydrogens (primary N) is 2. The minimum Gasteiger partial charge on any atom is -0.397 e. The number of hydrogen-bond donors (Lipinski definition) is 2. The van der Waals surface area contributed by atoms with Gasteiger partial charge in [-0.2, -0.15) is 0 Å². The van der Waals surface area contributed by atoms with Crippen LogP contribution < -0.4 is 11.5 Å². The summed E-state index contributed by atoms with van der Waals surface area (Å²) in [6.45, 7) is 5.03. The average Bonchev–Trinajstić information content (AvgIpc) is 2.09. The van der Waals surface area contributed by atoms with E-state index in [-0.39, 0.29) is 0 Å². The molecule has 0 aliphatic carbocycles. The first-order chi connectivity index (χ1) is 6.06. The van der Waals surface area contributed by atoms with Gasteiger partial charge in [-0.25, -0.2) is 4.39 Å². The summed E-state index contributed by atoms with van der Waals surface area (Å²) >= 11 is 0. The van der Waals surface area contributed by atoms with Gasteiger partial charge in [-0.1, -0.05) is 12.7 Å². The van der Waals surface area contributed by atoms with Crippen LogP contribution in [0.5, 0.6) is 0 Å². The van der Waals surface area contributed by atoms with E-state index >= 15 is 0 Å². The lowest BCUT2D eigenvalue weighted by molar-refractivity contribution is 0.374. The number of anilines is 2. The summed E-state index contributed by atoms with van der Waals surface area (Å²) < 4.78 is 12.9. The van der Waals surface area contributed by atoms with E-state index in [0.29, 0.717) is 22.5 Å². The molecule has 1 rings (SSSR count). The van der Waals surface area contributed by atoms with Gasteiger partial charge in [0.1, 0.15) is 6.17 Å². The molecule has 3 heteroatoms. The maximum absolute atomic E-state index is 12.9. The van der Waals surface area contributed by atoms with Crippen LogP contribution >= 0.6 is 0 Å². The molecular weight excluding hydrogens is 167 g/mol. The van der Waals surface area contributed by atoms with Crippen LogP contribution in [0.4, 0.5) is 15.8 Å². The molecule has 70 valence electrons. The van der Waals surface area contributed by atoms with E-state index in [1.807, 2.05) is 0 Å². The molecule has 0 heterocycles. The molecule has 2 nitrogen and oxygen atoms in total. The van der Waals surface area contributed by atoms with Gasteiger partial charge < -0.3 is 11.5 Å². The number of nitrogen functional groups attached to an aromatic ring is 2. The molecule has 1 aromatic carbocycles. The van der Waals surface area contributed by atoms with Crippen molar-refractivity contribution in [1.82, 2.24) is 0 Å². The second-order valence-electron chi connectivity index (χ2n) is 2.93. The fraction of sp³-hybridized carbons (Fsp3) is 0.200. The van der Waals surface area contributed by atoms with E-state index in [9.17, 15) is 4.39 Å². The largest absolute Gasteiger partial charge is 0.397 e. The van der Waals surface area contributed by atoms with Gasteiger partial charge in [-0.05, 0) is 30.2 Å². The minimum atomic E-state index is -1.04. The van der Waals surface area contributed by atoms with E-state index in [0.717, 1.165) is 0 Å². The number of alkyl halides is 1. The normalized spacial score (nSPS) is 12.5. The van der Waals surface area contributed by atoms with Crippen molar-refractivity contribution in [3.8, 4) is 0 Å². The molecule has 1 unspecified atom stereocenters. The summed E-state index contributed by atoms with van der Waals surface area (Å²) in [5.41, 5.74) is 13.3. The third kappa shape index (κ3) is 1.80. The Labute approximate surface area is 77.0 Å². The molecule has 0 radical (unpaired) electrons. The van der Waals surface area contributed by atoms with Gasteiger partial charge in [0.2, 0.25) is 0 Å². The van der Waals surface area contributed by atoms with Crippen LogP contribution in [-0.4, -0.2) is 0 Å². The van der Waals surface area contributed by atoms with Gasteiger partial charge >= 0.3 is 0 Å². The summed E-state index contributed by atoms with van der Waals surface area (Å²) in [4.78, 5) is 0. The SMILES string of the molecule is C=Cc1cc(C(C)F)cc(N)c1N. The molecule has 13 heavy (non-hydrogen) atoms. The Hall–Kier alpha value is -1.51. The first-order valence-electron chi connectivity index (χ1n) is 4.01. The highest BCUT2D eigenvalue weighted by Gasteiger charge is 2.07. The lowest BCUT2D eigenvalue weighted by Gasteiger charge is -2.09. The summed E-state index contributed by atoms with van der Waals surface area (Å²) in [5.74, 6) is 0. The standard InChI is InChI=1S/C10H13FN2/c1-3-7-4-8(6(2)11)5-9(12)10(7)13/h3-6H,1,12-13H2,2H3. The molecule has 0 aromatic heterocycles. The summed E-state index contributed by atoms with van der Waals surface area (Å²) in [5, 5.41) is 0. The fourth-order valence-electron chi connectivity index (χ4n) is 1.12.